The van der Waals surface area contributed by atoms with E-state index in [9.17, 15) is 0 Å². The number of nitrogens with two attached hydrogens (primary N) is 1. The van der Waals surface area contributed by atoms with Crippen LogP contribution >= 0.6 is 0 Å². The van der Waals surface area contributed by atoms with Crippen LogP contribution in [0.3, 0.4) is 0 Å². The van der Waals surface area contributed by atoms with E-state index in [-0.39, 0.29) is 0 Å². The minimum absolute atomic E-state index is 0.655. The molecule has 1 radical (unpaired) electrons. The van der Waals surface area contributed by atoms with Gasteiger partial charge in [-0.3, -0.25) is 0 Å². The Morgan fingerprint density at radius 2 is 1.78 bits per heavy atom. The van der Waals surface area contributed by atoms with Crippen molar-refractivity contribution in [1.82, 2.24) is 0 Å². The van der Waals surface area contributed by atoms with Gasteiger partial charge in [0.2, 0.25) is 0 Å². The second-order valence-electron chi connectivity index (χ2n) is 1.76. The molecule has 0 aromatic heterocycles. The highest BCUT2D eigenvalue weighted by atomic mass is 16.6. The van der Waals surface area contributed by atoms with Crippen molar-refractivity contribution in [3.63, 3.8) is 0 Å². The van der Waals surface area contributed by atoms with Crippen LogP contribution in [-0.4, -0.2) is 0 Å². The Balaban J connectivity index is 2.88. The van der Waals surface area contributed by atoms with E-state index in [0.29, 0.717) is 5.75 Å². The molecule has 1 rings (SSSR count). The van der Waals surface area contributed by atoms with Crippen molar-refractivity contribution in [2.24, 2.45) is 5.90 Å². The minimum atomic E-state index is 0.655. The lowest BCUT2D eigenvalue weighted by Gasteiger charge is -1.95. The molecule has 1 aromatic rings. The molecule has 2 nitrogen and oxygen atoms in total. The summed E-state index contributed by atoms with van der Waals surface area (Å²) in [5.41, 5.74) is 0.954. The number of hydrogen-bond donors (Lipinski definition) is 1. The first-order valence-electron chi connectivity index (χ1n) is 2.61. The van der Waals surface area contributed by atoms with Gasteiger partial charge in [0.25, 0.3) is 0 Å². The number of hydrogen-bond acceptors (Lipinski definition) is 2. The molecule has 0 heterocycles. The van der Waals surface area contributed by atoms with Gasteiger partial charge in [-0.15, -0.1) is 0 Å². The fourth-order valence-corrected chi connectivity index (χ4v) is 0.568. The molecule has 0 aliphatic rings. The molecule has 2 N–H and O–H groups in total. The Labute approximate surface area is 54.2 Å². The van der Waals surface area contributed by atoms with E-state index < -0.39 is 0 Å². The summed E-state index contributed by atoms with van der Waals surface area (Å²) in [6.45, 7) is 3.70. The quantitative estimate of drug-likeness (QED) is 0.566. The van der Waals surface area contributed by atoms with Gasteiger partial charge in [-0.2, -0.15) is 5.90 Å². The number of benzene rings is 1. The minimum Gasteiger partial charge on any atom is -0.412 e. The summed E-state index contributed by atoms with van der Waals surface area (Å²) in [6.07, 6.45) is 0. The molecule has 2 heteroatoms. The lowest BCUT2D eigenvalue weighted by Crippen LogP contribution is -2.00. The van der Waals surface area contributed by atoms with Gasteiger partial charge in [0.1, 0.15) is 5.75 Å². The van der Waals surface area contributed by atoms with Crippen molar-refractivity contribution in [3.8, 4) is 5.75 Å². The highest BCUT2D eigenvalue weighted by molar-refractivity contribution is 5.28. The summed E-state index contributed by atoms with van der Waals surface area (Å²) < 4.78 is 0. The zero-order chi connectivity index (χ0) is 6.69. The average Bonchev–Trinajstić information content (AvgIpc) is 1.90. The molecule has 0 unspecified atom stereocenters. The molecule has 0 saturated heterocycles. The Kier molecular flexibility index (Phi) is 1.70. The summed E-state index contributed by atoms with van der Waals surface area (Å²) >= 11 is 0. The van der Waals surface area contributed by atoms with Crippen molar-refractivity contribution in [3.05, 3.63) is 36.8 Å². The average molecular weight is 122 g/mol. The van der Waals surface area contributed by atoms with Crippen LogP contribution in [0.1, 0.15) is 5.56 Å². The molecular weight excluding hydrogens is 114 g/mol. The van der Waals surface area contributed by atoms with E-state index >= 15 is 0 Å². The molecule has 0 aliphatic heterocycles. The third-order valence-corrected chi connectivity index (χ3v) is 1.06. The van der Waals surface area contributed by atoms with Crippen LogP contribution in [0.4, 0.5) is 0 Å². The molecule has 9 heavy (non-hydrogen) atoms. The van der Waals surface area contributed by atoms with Crippen LogP contribution in [0.25, 0.3) is 0 Å². The zero-order valence-electron chi connectivity index (χ0n) is 5.00. The second kappa shape index (κ2) is 2.51. The lowest BCUT2D eigenvalue weighted by atomic mass is 10.2. The van der Waals surface area contributed by atoms with Gasteiger partial charge in [-0.05, 0) is 24.6 Å². The summed E-state index contributed by atoms with van der Waals surface area (Å²) in [7, 11) is 0. The first-order valence-corrected chi connectivity index (χ1v) is 2.61. The molecule has 1 aromatic carbocycles. The first-order chi connectivity index (χ1) is 4.33. The smallest absolute Gasteiger partial charge is 0.146 e. The first kappa shape index (κ1) is 6.11. The van der Waals surface area contributed by atoms with Gasteiger partial charge in [0, 0.05) is 0 Å². The summed E-state index contributed by atoms with van der Waals surface area (Å²) in [6, 6.07) is 7.20. The molecule has 0 spiro atoms. The van der Waals surface area contributed by atoms with Crippen molar-refractivity contribution in [1.29, 1.82) is 0 Å². The topological polar surface area (TPSA) is 35.2 Å². The molecule has 0 saturated carbocycles. The van der Waals surface area contributed by atoms with Gasteiger partial charge in [-0.1, -0.05) is 12.1 Å². The summed E-state index contributed by atoms with van der Waals surface area (Å²) in [4.78, 5) is 4.44. The Morgan fingerprint density at radius 1 is 1.22 bits per heavy atom. The number of rotatable bonds is 1. The zero-order valence-corrected chi connectivity index (χ0v) is 5.00. The van der Waals surface area contributed by atoms with E-state index in [1.54, 1.807) is 12.1 Å². The molecule has 0 bridgehead atoms. The van der Waals surface area contributed by atoms with E-state index in [0.717, 1.165) is 5.56 Å². The van der Waals surface area contributed by atoms with Gasteiger partial charge >= 0.3 is 0 Å². The monoisotopic (exact) mass is 122 g/mol. The molecule has 0 fully saturated rings. The van der Waals surface area contributed by atoms with Crippen molar-refractivity contribution < 1.29 is 4.84 Å². The highest BCUT2D eigenvalue weighted by Crippen LogP contribution is 2.08. The van der Waals surface area contributed by atoms with Crippen molar-refractivity contribution >= 4 is 0 Å². The Bertz CT molecular complexity index is 181. The maximum atomic E-state index is 4.88. The summed E-state index contributed by atoms with van der Waals surface area (Å²) in [5.74, 6) is 5.53. The third kappa shape index (κ3) is 1.44. The van der Waals surface area contributed by atoms with E-state index in [1.807, 2.05) is 12.1 Å². The van der Waals surface area contributed by atoms with E-state index in [4.69, 9.17) is 5.90 Å². The predicted octanol–water partition coefficient (Wildman–Crippen LogP) is 1.12. The van der Waals surface area contributed by atoms with Crippen LogP contribution in [0.2, 0.25) is 0 Å². The van der Waals surface area contributed by atoms with E-state index in [2.05, 4.69) is 11.8 Å². The van der Waals surface area contributed by atoms with Crippen LogP contribution < -0.4 is 10.7 Å². The van der Waals surface area contributed by atoms with Crippen LogP contribution in [-0.2, 0) is 0 Å². The van der Waals surface area contributed by atoms with Crippen LogP contribution in [0, 0.1) is 6.92 Å². The van der Waals surface area contributed by atoms with Crippen molar-refractivity contribution in [2.75, 3.05) is 0 Å². The maximum absolute atomic E-state index is 4.88. The second-order valence-corrected chi connectivity index (χ2v) is 1.76. The third-order valence-electron chi connectivity index (χ3n) is 1.06. The Morgan fingerprint density at radius 3 is 2.22 bits per heavy atom. The predicted molar refractivity (Wildman–Crippen MR) is 35.7 cm³/mol. The van der Waals surface area contributed by atoms with Crippen LogP contribution in [0.5, 0.6) is 5.75 Å². The van der Waals surface area contributed by atoms with Gasteiger partial charge in [-0.25, -0.2) is 0 Å². The largest absolute Gasteiger partial charge is 0.412 e. The maximum Gasteiger partial charge on any atom is 0.146 e. The highest BCUT2D eigenvalue weighted by Gasteiger charge is 1.86. The molecule has 0 atom stereocenters. The fourth-order valence-electron chi connectivity index (χ4n) is 0.568. The van der Waals surface area contributed by atoms with Crippen molar-refractivity contribution in [2.45, 2.75) is 0 Å². The molecule has 0 amide bonds. The normalized spacial score (nSPS) is 9.11. The Hall–Kier alpha value is -1.02. The van der Waals surface area contributed by atoms with Gasteiger partial charge in [0.15, 0.2) is 0 Å². The van der Waals surface area contributed by atoms with Crippen LogP contribution in [0.15, 0.2) is 24.3 Å². The van der Waals surface area contributed by atoms with Gasteiger partial charge in [0.05, 0.1) is 0 Å². The van der Waals surface area contributed by atoms with Gasteiger partial charge < -0.3 is 4.84 Å². The SMILES string of the molecule is [CH2]c1ccc(ON)cc1. The molecule has 0 aliphatic carbocycles. The molecule has 47 valence electrons. The fraction of sp³-hybridized carbons (Fsp3) is 0. The lowest BCUT2D eigenvalue weighted by molar-refractivity contribution is 0.334. The molecular formula is C7H8NO. The summed E-state index contributed by atoms with van der Waals surface area (Å²) in [5, 5.41) is 0. The standard InChI is InChI=1S/C7H8NO/c1-6-2-4-7(9-8)5-3-6/h2-5H,1,8H2. The van der Waals surface area contributed by atoms with E-state index in [1.165, 1.54) is 0 Å².